The average Bonchev–Trinajstić information content (AvgIpc) is 2.72. The number of halogens is 2. The van der Waals surface area contributed by atoms with Gasteiger partial charge >= 0.3 is 0 Å². The third-order valence-corrected chi connectivity index (χ3v) is 4.23. The van der Waals surface area contributed by atoms with Gasteiger partial charge in [-0.25, -0.2) is 5.43 Å². The van der Waals surface area contributed by atoms with Crippen LogP contribution in [0.15, 0.2) is 77.9 Å². The van der Waals surface area contributed by atoms with Crippen molar-refractivity contribution < 1.29 is 14.3 Å². The van der Waals surface area contributed by atoms with Crippen LogP contribution >= 0.6 is 23.2 Å². The predicted octanol–water partition coefficient (Wildman–Crippen LogP) is 5.10. The van der Waals surface area contributed by atoms with E-state index >= 15 is 0 Å². The van der Waals surface area contributed by atoms with E-state index in [-0.39, 0.29) is 12.5 Å². The largest absolute Gasteiger partial charge is 0.489 e. The molecule has 0 fully saturated rings. The Hall–Kier alpha value is -3.02. The van der Waals surface area contributed by atoms with E-state index in [1.807, 2.05) is 48.5 Å². The van der Waals surface area contributed by atoms with Crippen molar-refractivity contribution in [1.82, 2.24) is 5.43 Å². The summed E-state index contributed by atoms with van der Waals surface area (Å²) in [7, 11) is 0. The summed E-state index contributed by atoms with van der Waals surface area (Å²) in [5.74, 6) is 0.832. The molecule has 0 saturated heterocycles. The number of hydrazone groups is 1. The first-order valence-corrected chi connectivity index (χ1v) is 9.52. The van der Waals surface area contributed by atoms with Crippen molar-refractivity contribution >= 4 is 35.3 Å². The third kappa shape index (κ3) is 7.14. The van der Waals surface area contributed by atoms with Gasteiger partial charge in [-0.3, -0.25) is 4.79 Å². The maximum atomic E-state index is 11.8. The summed E-state index contributed by atoms with van der Waals surface area (Å²) in [6.45, 7) is 0.261. The van der Waals surface area contributed by atoms with Crippen molar-refractivity contribution in [1.29, 1.82) is 0 Å². The van der Waals surface area contributed by atoms with Gasteiger partial charge < -0.3 is 9.47 Å². The van der Waals surface area contributed by atoms with Crippen molar-refractivity contribution in [3.63, 3.8) is 0 Å². The minimum atomic E-state index is -0.378. The molecule has 0 aliphatic rings. The van der Waals surface area contributed by atoms with E-state index < -0.39 is 0 Å². The molecule has 0 bridgehead atoms. The first-order valence-electron chi connectivity index (χ1n) is 8.76. The smallest absolute Gasteiger partial charge is 0.277 e. The Bertz CT molecular complexity index is 991. The van der Waals surface area contributed by atoms with Crippen molar-refractivity contribution in [3.8, 4) is 11.5 Å². The summed E-state index contributed by atoms with van der Waals surface area (Å²) >= 11 is 11.7. The third-order valence-electron chi connectivity index (χ3n) is 3.75. The first-order chi connectivity index (χ1) is 14.1. The highest BCUT2D eigenvalue weighted by molar-refractivity contribution is 6.30. The Kier molecular flexibility index (Phi) is 7.50. The second-order valence-electron chi connectivity index (χ2n) is 6.03. The Morgan fingerprint density at radius 2 is 1.62 bits per heavy atom. The minimum absolute atomic E-state index is 0.165. The lowest BCUT2D eigenvalue weighted by Crippen LogP contribution is -2.24. The van der Waals surface area contributed by atoms with Gasteiger partial charge in [-0.15, -0.1) is 0 Å². The highest BCUT2D eigenvalue weighted by Gasteiger charge is 2.02. The van der Waals surface area contributed by atoms with Gasteiger partial charge in [0.1, 0.15) is 18.1 Å². The normalized spacial score (nSPS) is 10.7. The topological polar surface area (TPSA) is 59.9 Å². The minimum Gasteiger partial charge on any atom is -0.489 e. The van der Waals surface area contributed by atoms with E-state index in [1.54, 1.807) is 24.3 Å². The molecule has 7 heteroatoms. The number of nitrogens with zero attached hydrogens (tertiary/aromatic N) is 1. The molecule has 0 atom stereocenters. The number of rotatable bonds is 8. The van der Waals surface area contributed by atoms with Gasteiger partial charge in [0.05, 0.1) is 6.21 Å². The molecule has 1 N–H and O–H groups in total. The molecule has 1 amide bonds. The molecule has 0 aliphatic carbocycles. The molecular formula is C22H18Cl2N2O3. The zero-order valence-corrected chi connectivity index (χ0v) is 16.9. The summed E-state index contributed by atoms with van der Waals surface area (Å²) in [6, 6.07) is 21.7. The first kappa shape index (κ1) is 20.7. The number of benzene rings is 3. The van der Waals surface area contributed by atoms with Crippen molar-refractivity contribution in [2.45, 2.75) is 6.61 Å². The van der Waals surface area contributed by atoms with Crippen molar-refractivity contribution in [2.75, 3.05) is 6.61 Å². The predicted molar refractivity (Wildman–Crippen MR) is 115 cm³/mol. The van der Waals surface area contributed by atoms with Crippen LogP contribution in [0.1, 0.15) is 11.1 Å². The number of hydrogen-bond acceptors (Lipinski definition) is 4. The molecule has 0 radical (unpaired) electrons. The maximum absolute atomic E-state index is 11.8. The molecule has 29 heavy (non-hydrogen) atoms. The van der Waals surface area contributed by atoms with Crippen LogP contribution in [0.3, 0.4) is 0 Å². The summed E-state index contributed by atoms with van der Waals surface area (Å²) in [4.78, 5) is 11.8. The van der Waals surface area contributed by atoms with Gasteiger partial charge in [0.2, 0.25) is 0 Å². The molecule has 3 aromatic carbocycles. The fourth-order valence-corrected chi connectivity index (χ4v) is 2.65. The van der Waals surface area contributed by atoms with E-state index in [1.165, 1.54) is 6.21 Å². The van der Waals surface area contributed by atoms with Crippen LogP contribution in [0.4, 0.5) is 0 Å². The zero-order chi connectivity index (χ0) is 20.5. The van der Waals surface area contributed by atoms with Crippen LogP contribution in [0, 0.1) is 0 Å². The van der Waals surface area contributed by atoms with Gasteiger partial charge in [-0.2, -0.15) is 5.10 Å². The lowest BCUT2D eigenvalue weighted by Gasteiger charge is -2.07. The molecule has 0 spiro atoms. The summed E-state index contributed by atoms with van der Waals surface area (Å²) in [5.41, 5.74) is 4.22. The number of nitrogens with one attached hydrogen (secondary N) is 1. The summed E-state index contributed by atoms with van der Waals surface area (Å²) in [5, 5.41) is 5.17. The second kappa shape index (κ2) is 10.5. The van der Waals surface area contributed by atoms with Crippen LogP contribution in [0.5, 0.6) is 11.5 Å². The monoisotopic (exact) mass is 428 g/mol. The van der Waals surface area contributed by atoms with Crippen LogP contribution < -0.4 is 14.9 Å². The Balaban J connectivity index is 1.46. The molecule has 148 valence electrons. The molecular weight excluding hydrogens is 411 g/mol. The number of hydrogen-bond donors (Lipinski definition) is 1. The molecule has 0 aromatic heterocycles. The van der Waals surface area contributed by atoms with Crippen molar-refractivity contribution in [3.05, 3.63) is 94.0 Å². The average molecular weight is 429 g/mol. The van der Waals surface area contributed by atoms with E-state index in [0.29, 0.717) is 28.2 Å². The summed E-state index contributed by atoms with van der Waals surface area (Å²) < 4.78 is 11.1. The van der Waals surface area contributed by atoms with Crippen LogP contribution in [0.25, 0.3) is 0 Å². The highest BCUT2D eigenvalue weighted by atomic mass is 35.5. The number of carbonyl (C=O) groups is 1. The summed E-state index contributed by atoms with van der Waals surface area (Å²) in [6.07, 6.45) is 1.53. The molecule has 0 saturated carbocycles. The standard InChI is InChI=1S/C22H18Cl2N2O3/c23-18-9-7-16(8-10-18)14-28-20-5-1-3-17(11-20)13-25-26-22(27)15-29-21-6-2-4-19(24)12-21/h1-13H,14-15H2,(H,26,27)/b25-13+. The van der Waals surface area contributed by atoms with Gasteiger partial charge in [0.25, 0.3) is 5.91 Å². The van der Waals surface area contributed by atoms with E-state index in [2.05, 4.69) is 10.5 Å². The van der Waals surface area contributed by atoms with Gasteiger partial charge in [0.15, 0.2) is 6.61 Å². The van der Waals surface area contributed by atoms with Gasteiger partial charge in [-0.1, -0.05) is 53.5 Å². The number of ether oxygens (including phenoxy) is 2. The fraction of sp³-hybridized carbons (Fsp3) is 0.0909. The quantitative estimate of drug-likeness (QED) is 0.400. The van der Waals surface area contributed by atoms with E-state index in [0.717, 1.165) is 11.1 Å². The molecule has 0 unspecified atom stereocenters. The van der Waals surface area contributed by atoms with E-state index in [4.69, 9.17) is 32.7 Å². The molecule has 0 aliphatic heterocycles. The Labute approximate surface area is 178 Å². The van der Waals surface area contributed by atoms with Crippen LogP contribution in [-0.4, -0.2) is 18.7 Å². The van der Waals surface area contributed by atoms with Crippen LogP contribution in [0.2, 0.25) is 10.0 Å². The maximum Gasteiger partial charge on any atom is 0.277 e. The lowest BCUT2D eigenvalue weighted by molar-refractivity contribution is -0.123. The highest BCUT2D eigenvalue weighted by Crippen LogP contribution is 2.17. The van der Waals surface area contributed by atoms with Crippen molar-refractivity contribution in [2.24, 2.45) is 5.10 Å². The molecule has 5 nitrogen and oxygen atoms in total. The number of carbonyl (C=O) groups excluding carboxylic acids is 1. The molecule has 3 aromatic rings. The van der Waals surface area contributed by atoms with Crippen LogP contribution in [-0.2, 0) is 11.4 Å². The number of amides is 1. The van der Waals surface area contributed by atoms with Gasteiger partial charge in [-0.05, 0) is 53.6 Å². The molecule has 0 heterocycles. The van der Waals surface area contributed by atoms with Gasteiger partial charge in [0, 0.05) is 10.0 Å². The van der Waals surface area contributed by atoms with E-state index in [9.17, 15) is 4.79 Å². The fourth-order valence-electron chi connectivity index (χ4n) is 2.35. The second-order valence-corrected chi connectivity index (χ2v) is 6.90. The Morgan fingerprint density at radius 3 is 2.38 bits per heavy atom. The zero-order valence-electron chi connectivity index (χ0n) is 15.3. The Morgan fingerprint density at radius 1 is 0.897 bits per heavy atom. The molecule has 3 rings (SSSR count). The SMILES string of the molecule is O=C(COc1cccc(Cl)c1)N/N=C/c1cccc(OCc2ccc(Cl)cc2)c1. The lowest BCUT2D eigenvalue weighted by atomic mass is 10.2.